The van der Waals surface area contributed by atoms with Crippen molar-refractivity contribution in [2.45, 2.75) is 0 Å². The second-order valence-corrected chi connectivity index (χ2v) is 11.7. The van der Waals surface area contributed by atoms with Crippen LogP contribution in [0.25, 0.3) is 65.7 Å². The molecular formula is C44H29NO. The van der Waals surface area contributed by atoms with E-state index in [4.69, 9.17) is 4.42 Å². The predicted molar refractivity (Wildman–Crippen MR) is 194 cm³/mol. The molecule has 0 amide bonds. The van der Waals surface area contributed by atoms with Crippen LogP contribution >= 0.6 is 0 Å². The Morgan fingerprint density at radius 3 is 1.85 bits per heavy atom. The summed E-state index contributed by atoms with van der Waals surface area (Å²) in [6, 6.07) is 62.7. The van der Waals surface area contributed by atoms with Gasteiger partial charge in [-0.2, -0.15) is 0 Å². The number of hydrogen-bond acceptors (Lipinski definition) is 2. The smallest absolute Gasteiger partial charge is 0.145 e. The SMILES string of the molecule is c1ccc(-c2cccc(N(c3ccc4ccc5ccccc5c4c3)c3ccc(-c4ccccc4)c4oc5ccccc5c34)c2)cc1. The van der Waals surface area contributed by atoms with Gasteiger partial charge in [-0.1, -0.05) is 133 Å². The molecule has 1 aromatic heterocycles. The molecule has 0 saturated heterocycles. The lowest BCUT2D eigenvalue weighted by Crippen LogP contribution is -2.10. The van der Waals surface area contributed by atoms with Crippen molar-refractivity contribution in [1.29, 1.82) is 0 Å². The molecule has 0 bridgehead atoms. The van der Waals surface area contributed by atoms with Crippen LogP contribution in [0.1, 0.15) is 0 Å². The maximum absolute atomic E-state index is 6.69. The van der Waals surface area contributed by atoms with Crippen molar-refractivity contribution in [3.05, 3.63) is 176 Å². The standard InChI is InChI=1S/C44H29NO/c1-3-12-30(13-4-1)34-17-11-18-35(28-34)45(36-25-24-33-23-22-32-16-7-8-19-37(32)40(33)29-36)41-27-26-38(31-14-5-2-6-15-31)44-43(41)39-20-9-10-21-42(39)46-44/h1-29H. The van der Waals surface area contributed by atoms with Crippen molar-refractivity contribution in [2.24, 2.45) is 0 Å². The number of furan rings is 1. The molecule has 216 valence electrons. The number of fused-ring (bicyclic) bond motifs is 6. The number of nitrogens with zero attached hydrogens (tertiary/aromatic N) is 1. The van der Waals surface area contributed by atoms with E-state index in [0.29, 0.717) is 0 Å². The number of rotatable bonds is 5. The van der Waals surface area contributed by atoms with E-state index in [1.807, 2.05) is 6.07 Å². The first-order valence-electron chi connectivity index (χ1n) is 15.7. The second-order valence-electron chi connectivity index (χ2n) is 11.7. The zero-order chi connectivity index (χ0) is 30.5. The van der Waals surface area contributed by atoms with Crippen LogP contribution in [-0.4, -0.2) is 0 Å². The molecule has 46 heavy (non-hydrogen) atoms. The molecule has 0 N–H and O–H groups in total. The van der Waals surface area contributed by atoms with Gasteiger partial charge >= 0.3 is 0 Å². The molecule has 8 aromatic carbocycles. The number of benzene rings is 8. The summed E-state index contributed by atoms with van der Waals surface area (Å²) >= 11 is 0. The maximum atomic E-state index is 6.69. The van der Waals surface area contributed by atoms with Crippen molar-refractivity contribution < 1.29 is 4.42 Å². The highest BCUT2D eigenvalue weighted by Gasteiger charge is 2.22. The molecule has 0 aliphatic carbocycles. The third-order valence-corrected chi connectivity index (χ3v) is 9.03. The van der Waals surface area contributed by atoms with Crippen LogP contribution in [0, 0.1) is 0 Å². The largest absolute Gasteiger partial charge is 0.455 e. The fourth-order valence-electron chi connectivity index (χ4n) is 6.85. The average Bonchev–Trinajstić information content (AvgIpc) is 3.53. The highest BCUT2D eigenvalue weighted by Crippen LogP contribution is 2.47. The quantitative estimate of drug-likeness (QED) is 0.186. The molecule has 9 aromatic rings. The van der Waals surface area contributed by atoms with Crippen molar-refractivity contribution in [3.63, 3.8) is 0 Å². The Hall–Kier alpha value is -6.12. The third kappa shape index (κ3) is 4.35. The Kier molecular flexibility index (Phi) is 6.17. The van der Waals surface area contributed by atoms with Gasteiger partial charge in [0.15, 0.2) is 0 Å². The van der Waals surface area contributed by atoms with Crippen molar-refractivity contribution >= 4 is 60.5 Å². The lowest BCUT2D eigenvalue weighted by molar-refractivity contribution is 0.670. The van der Waals surface area contributed by atoms with E-state index >= 15 is 0 Å². The van der Waals surface area contributed by atoms with Gasteiger partial charge in [0.1, 0.15) is 11.2 Å². The number of hydrogen-bond donors (Lipinski definition) is 0. The third-order valence-electron chi connectivity index (χ3n) is 9.03. The van der Waals surface area contributed by atoms with Crippen molar-refractivity contribution in [1.82, 2.24) is 0 Å². The molecule has 1 heterocycles. The lowest BCUT2D eigenvalue weighted by Gasteiger charge is -2.27. The van der Waals surface area contributed by atoms with Gasteiger partial charge in [-0.25, -0.2) is 0 Å². The first kappa shape index (κ1) is 26.3. The van der Waals surface area contributed by atoms with E-state index in [9.17, 15) is 0 Å². The zero-order valence-electron chi connectivity index (χ0n) is 25.1. The molecule has 9 rings (SSSR count). The monoisotopic (exact) mass is 587 g/mol. The molecule has 0 aliphatic heterocycles. The van der Waals surface area contributed by atoms with Gasteiger partial charge in [0.05, 0.1) is 11.1 Å². The molecule has 0 unspecified atom stereocenters. The minimum Gasteiger partial charge on any atom is -0.455 e. The molecule has 0 radical (unpaired) electrons. The van der Waals surface area contributed by atoms with Crippen LogP contribution < -0.4 is 4.90 Å². The van der Waals surface area contributed by atoms with Crippen LogP contribution in [0.5, 0.6) is 0 Å². The van der Waals surface area contributed by atoms with Gasteiger partial charge < -0.3 is 9.32 Å². The lowest BCUT2D eigenvalue weighted by atomic mass is 9.98. The zero-order valence-corrected chi connectivity index (χ0v) is 25.1. The molecule has 0 aliphatic rings. The van der Waals surface area contributed by atoms with Crippen LogP contribution in [-0.2, 0) is 0 Å². The predicted octanol–water partition coefficient (Wildman–Crippen LogP) is 12.7. The Balaban J connectivity index is 1.36. The highest BCUT2D eigenvalue weighted by molar-refractivity contribution is 6.17. The Morgan fingerprint density at radius 1 is 0.391 bits per heavy atom. The summed E-state index contributed by atoms with van der Waals surface area (Å²) in [5, 5.41) is 7.13. The fraction of sp³-hybridized carbons (Fsp3) is 0. The summed E-state index contributed by atoms with van der Waals surface area (Å²) in [7, 11) is 0. The minimum atomic E-state index is 0.879. The summed E-state index contributed by atoms with van der Waals surface area (Å²) in [6.45, 7) is 0. The molecule has 0 spiro atoms. The Labute approximate surface area is 267 Å². The molecule has 2 heteroatoms. The van der Waals surface area contributed by atoms with Gasteiger partial charge in [-0.3, -0.25) is 0 Å². The van der Waals surface area contributed by atoms with Crippen LogP contribution in [0.15, 0.2) is 180 Å². The van der Waals surface area contributed by atoms with E-state index in [-0.39, 0.29) is 0 Å². The molecule has 2 nitrogen and oxygen atoms in total. The van der Waals surface area contributed by atoms with E-state index in [2.05, 4.69) is 175 Å². The molecule has 0 saturated carbocycles. The summed E-state index contributed by atoms with van der Waals surface area (Å²) in [4.78, 5) is 2.40. The van der Waals surface area contributed by atoms with Gasteiger partial charge in [-0.05, 0) is 80.7 Å². The first-order chi connectivity index (χ1) is 22.8. The summed E-state index contributed by atoms with van der Waals surface area (Å²) in [6.07, 6.45) is 0. The van der Waals surface area contributed by atoms with Gasteiger partial charge in [-0.15, -0.1) is 0 Å². The summed E-state index contributed by atoms with van der Waals surface area (Å²) in [5.74, 6) is 0. The van der Waals surface area contributed by atoms with E-state index in [1.54, 1.807) is 0 Å². The topological polar surface area (TPSA) is 16.4 Å². The number of para-hydroxylation sites is 1. The Morgan fingerprint density at radius 2 is 1.02 bits per heavy atom. The van der Waals surface area contributed by atoms with Crippen LogP contribution in [0.2, 0.25) is 0 Å². The second kappa shape index (κ2) is 10.8. The van der Waals surface area contributed by atoms with Crippen molar-refractivity contribution in [2.75, 3.05) is 4.90 Å². The van der Waals surface area contributed by atoms with Gasteiger partial charge in [0.2, 0.25) is 0 Å². The average molecular weight is 588 g/mol. The van der Waals surface area contributed by atoms with E-state index in [0.717, 1.165) is 50.1 Å². The van der Waals surface area contributed by atoms with E-state index in [1.165, 1.54) is 32.7 Å². The molecular weight excluding hydrogens is 558 g/mol. The highest BCUT2D eigenvalue weighted by atomic mass is 16.3. The van der Waals surface area contributed by atoms with Crippen LogP contribution in [0.4, 0.5) is 17.1 Å². The van der Waals surface area contributed by atoms with Gasteiger partial charge in [0.25, 0.3) is 0 Å². The minimum absolute atomic E-state index is 0.879. The van der Waals surface area contributed by atoms with Crippen LogP contribution in [0.3, 0.4) is 0 Å². The Bertz CT molecular complexity index is 2530. The van der Waals surface area contributed by atoms with Gasteiger partial charge in [0, 0.05) is 22.3 Å². The fourth-order valence-corrected chi connectivity index (χ4v) is 6.85. The molecule has 0 fully saturated rings. The number of anilines is 3. The first-order valence-corrected chi connectivity index (χ1v) is 15.7. The normalized spacial score (nSPS) is 11.5. The summed E-state index contributed by atoms with van der Waals surface area (Å²) in [5.41, 5.74) is 9.59. The van der Waals surface area contributed by atoms with Crippen molar-refractivity contribution in [3.8, 4) is 22.3 Å². The maximum Gasteiger partial charge on any atom is 0.145 e. The van der Waals surface area contributed by atoms with E-state index < -0.39 is 0 Å². The summed E-state index contributed by atoms with van der Waals surface area (Å²) < 4.78 is 6.69. The molecule has 0 atom stereocenters.